The highest BCUT2D eigenvalue weighted by Crippen LogP contribution is 2.20. The third kappa shape index (κ3) is 2.06. The molecule has 0 aliphatic carbocycles. The summed E-state index contributed by atoms with van der Waals surface area (Å²) in [5, 5.41) is 8.81. The van der Waals surface area contributed by atoms with Crippen LogP contribution in [-0.4, -0.2) is 0 Å². The van der Waals surface area contributed by atoms with Gasteiger partial charge < -0.3 is 0 Å². The Labute approximate surface area is 77.8 Å². The normalized spacial score (nSPS) is 10.1. The SMILES string of the molecule is CC(C)c1ccc(CF)cc1C#N. The van der Waals surface area contributed by atoms with Gasteiger partial charge in [0.15, 0.2) is 0 Å². The van der Waals surface area contributed by atoms with Crippen molar-refractivity contribution in [2.45, 2.75) is 26.4 Å². The van der Waals surface area contributed by atoms with E-state index in [1.807, 2.05) is 19.9 Å². The number of halogens is 1. The third-order valence-electron chi connectivity index (χ3n) is 2.01. The van der Waals surface area contributed by atoms with Crippen molar-refractivity contribution >= 4 is 0 Å². The number of nitriles is 1. The van der Waals surface area contributed by atoms with Crippen molar-refractivity contribution in [1.29, 1.82) is 5.26 Å². The molecule has 1 nitrogen and oxygen atoms in total. The zero-order valence-corrected chi connectivity index (χ0v) is 7.84. The van der Waals surface area contributed by atoms with Crippen LogP contribution >= 0.6 is 0 Å². The Morgan fingerprint density at radius 3 is 2.62 bits per heavy atom. The molecular formula is C11H12FN. The van der Waals surface area contributed by atoms with Crippen molar-refractivity contribution in [3.8, 4) is 6.07 Å². The molecule has 0 aliphatic rings. The molecule has 0 heterocycles. The minimum atomic E-state index is -0.507. The summed E-state index contributed by atoms with van der Waals surface area (Å²) < 4.78 is 12.3. The molecule has 1 aromatic rings. The molecule has 68 valence electrons. The van der Waals surface area contributed by atoms with Gasteiger partial charge in [-0.15, -0.1) is 0 Å². The van der Waals surface area contributed by atoms with E-state index in [4.69, 9.17) is 5.26 Å². The molecule has 0 amide bonds. The lowest BCUT2D eigenvalue weighted by Gasteiger charge is -2.08. The first-order chi connectivity index (χ1) is 6.19. The fourth-order valence-electron chi connectivity index (χ4n) is 1.29. The maximum Gasteiger partial charge on any atom is 0.115 e. The number of hydrogen-bond acceptors (Lipinski definition) is 1. The van der Waals surface area contributed by atoms with Gasteiger partial charge in [0.05, 0.1) is 11.6 Å². The first kappa shape index (κ1) is 9.73. The maximum absolute atomic E-state index is 12.3. The second-order valence-corrected chi connectivity index (χ2v) is 3.32. The van der Waals surface area contributed by atoms with Crippen molar-refractivity contribution in [2.75, 3.05) is 0 Å². The summed E-state index contributed by atoms with van der Waals surface area (Å²) in [7, 11) is 0. The molecule has 0 saturated heterocycles. The van der Waals surface area contributed by atoms with Gasteiger partial charge in [-0.1, -0.05) is 26.0 Å². The number of nitrogens with zero attached hydrogens (tertiary/aromatic N) is 1. The largest absolute Gasteiger partial charge is 0.246 e. The van der Waals surface area contributed by atoms with Crippen LogP contribution in [0.5, 0.6) is 0 Å². The molecule has 1 aromatic carbocycles. The van der Waals surface area contributed by atoms with E-state index >= 15 is 0 Å². The van der Waals surface area contributed by atoms with Crippen LogP contribution in [0.3, 0.4) is 0 Å². The van der Waals surface area contributed by atoms with Crippen LogP contribution in [0.25, 0.3) is 0 Å². The summed E-state index contributed by atoms with van der Waals surface area (Å²) in [6.07, 6.45) is 0. The van der Waals surface area contributed by atoms with Gasteiger partial charge in [0.25, 0.3) is 0 Å². The summed E-state index contributed by atoms with van der Waals surface area (Å²) in [5.41, 5.74) is 2.14. The second-order valence-electron chi connectivity index (χ2n) is 3.32. The summed E-state index contributed by atoms with van der Waals surface area (Å²) in [5.74, 6) is 0.309. The molecule has 0 aliphatic heterocycles. The molecule has 1 rings (SSSR count). The topological polar surface area (TPSA) is 23.8 Å². The van der Waals surface area contributed by atoms with E-state index < -0.39 is 6.67 Å². The fourth-order valence-corrected chi connectivity index (χ4v) is 1.29. The summed E-state index contributed by atoms with van der Waals surface area (Å²) in [6.45, 7) is 3.53. The molecule has 13 heavy (non-hydrogen) atoms. The van der Waals surface area contributed by atoms with Crippen molar-refractivity contribution in [3.05, 3.63) is 34.9 Å². The first-order valence-corrected chi connectivity index (χ1v) is 4.28. The Hall–Kier alpha value is -1.36. The molecule has 0 N–H and O–H groups in total. The van der Waals surface area contributed by atoms with Gasteiger partial charge in [0.1, 0.15) is 6.67 Å². The zero-order chi connectivity index (χ0) is 9.84. The number of hydrogen-bond donors (Lipinski definition) is 0. The van der Waals surface area contributed by atoms with Gasteiger partial charge in [-0.3, -0.25) is 0 Å². The molecular weight excluding hydrogens is 165 g/mol. The molecule has 0 bridgehead atoms. The Kier molecular flexibility index (Phi) is 3.02. The minimum absolute atomic E-state index is 0.309. The highest BCUT2D eigenvalue weighted by molar-refractivity contribution is 5.42. The van der Waals surface area contributed by atoms with E-state index in [0.717, 1.165) is 5.56 Å². The Morgan fingerprint density at radius 1 is 1.46 bits per heavy atom. The fraction of sp³-hybridized carbons (Fsp3) is 0.364. The Morgan fingerprint density at radius 2 is 2.15 bits per heavy atom. The summed E-state index contributed by atoms with van der Waals surface area (Å²) >= 11 is 0. The van der Waals surface area contributed by atoms with E-state index in [-0.39, 0.29) is 0 Å². The lowest BCUT2D eigenvalue weighted by atomic mass is 9.96. The van der Waals surface area contributed by atoms with Crippen molar-refractivity contribution in [3.63, 3.8) is 0 Å². The first-order valence-electron chi connectivity index (χ1n) is 4.28. The van der Waals surface area contributed by atoms with Crippen molar-refractivity contribution < 1.29 is 4.39 Å². The molecule has 0 fully saturated rings. The quantitative estimate of drug-likeness (QED) is 0.680. The molecule has 2 heteroatoms. The van der Waals surface area contributed by atoms with Gasteiger partial charge in [-0.05, 0) is 23.1 Å². The van der Waals surface area contributed by atoms with Gasteiger partial charge in [-0.25, -0.2) is 4.39 Å². The average molecular weight is 177 g/mol. The number of alkyl halides is 1. The minimum Gasteiger partial charge on any atom is -0.246 e. The Balaban J connectivity index is 3.18. The van der Waals surface area contributed by atoms with E-state index in [1.165, 1.54) is 0 Å². The van der Waals surface area contributed by atoms with E-state index in [0.29, 0.717) is 17.0 Å². The molecule has 0 aromatic heterocycles. The predicted octanol–water partition coefficient (Wildman–Crippen LogP) is 3.15. The second kappa shape index (κ2) is 4.04. The maximum atomic E-state index is 12.3. The average Bonchev–Trinajstić information content (AvgIpc) is 2.16. The van der Waals surface area contributed by atoms with Gasteiger partial charge in [0.2, 0.25) is 0 Å². The van der Waals surface area contributed by atoms with Crippen LogP contribution in [0.15, 0.2) is 18.2 Å². The predicted molar refractivity (Wildman–Crippen MR) is 50.1 cm³/mol. The highest BCUT2D eigenvalue weighted by Gasteiger charge is 2.06. The summed E-state index contributed by atoms with van der Waals surface area (Å²) in [6, 6.07) is 7.27. The molecule has 0 radical (unpaired) electrons. The van der Waals surface area contributed by atoms with Crippen LogP contribution in [0.1, 0.15) is 36.5 Å². The number of benzene rings is 1. The van der Waals surface area contributed by atoms with Gasteiger partial charge >= 0.3 is 0 Å². The standard InChI is InChI=1S/C11H12FN/c1-8(2)11-4-3-9(6-12)5-10(11)7-13/h3-5,8H,6H2,1-2H3. The van der Waals surface area contributed by atoms with E-state index in [9.17, 15) is 4.39 Å². The van der Waals surface area contributed by atoms with Crippen LogP contribution in [0.4, 0.5) is 4.39 Å². The number of rotatable bonds is 2. The van der Waals surface area contributed by atoms with E-state index in [2.05, 4.69) is 6.07 Å². The Bertz CT molecular complexity index is 336. The monoisotopic (exact) mass is 177 g/mol. The third-order valence-corrected chi connectivity index (χ3v) is 2.01. The van der Waals surface area contributed by atoms with Gasteiger partial charge in [-0.2, -0.15) is 5.26 Å². The summed E-state index contributed by atoms with van der Waals surface area (Å²) in [4.78, 5) is 0. The molecule has 0 unspecified atom stereocenters. The lowest BCUT2D eigenvalue weighted by Crippen LogP contribution is -1.93. The van der Waals surface area contributed by atoms with Gasteiger partial charge in [0, 0.05) is 0 Å². The molecule has 0 spiro atoms. The highest BCUT2D eigenvalue weighted by atomic mass is 19.1. The van der Waals surface area contributed by atoms with Crippen LogP contribution in [0.2, 0.25) is 0 Å². The lowest BCUT2D eigenvalue weighted by molar-refractivity contribution is 0.485. The zero-order valence-electron chi connectivity index (χ0n) is 7.84. The van der Waals surface area contributed by atoms with E-state index in [1.54, 1.807) is 12.1 Å². The van der Waals surface area contributed by atoms with Crippen LogP contribution in [-0.2, 0) is 6.67 Å². The van der Waals surface area contributed by atoms with Crippen LogP contribution in [0, 0.1) is 11.3 Å². The van der Waals surface area contributed by atoms with Crippen molar-refractivity contribution in [2.24, 2.45) is 0 Å². The smallest absolute Gasteiger partial charge is 0.115 e. The molecule has 0 atom stereocenters. The van der Waals surface area contributed by atoms with Crippen LogP contribution < -0.4 is 0 Å². The van der Waals surface area contributed by atoms with Crippen molar-refractivity contribution in [1.82, 2.24) is 0 Å². The molecule has 0 saturated carbocycles.